The highest BCUT2D eigenvalue weighted by Crippen LogP contribution is 2.44. The summed E-state index contributed by atoms with van der Waals surface area (Å²) in [5.41, 5.74) is 1.86. The lowest BCUT2D eigenvalue weighted by Gasteiger charge is -2.37. The molecule has 3 fully saturated rings. The molecular formula is C24H29N7O7. The van der Waals surface area contributed by atoms with Gasteiger partial charge in [0.25, 0.3) is 5.69 Å². The first-order valence-corrected chi connectivity index (χ1v) is 12.5. The van der Waals surface area contributed by atoms with Crippen LogP contribution in [0.1, 0.15) is 39.1 Å². The number of ether oxygens (including phenoxy) is 5. The molecule has 0 aliphatic carbocycles. The van der Waals surface area contributed by atoms with Crippen LogP contribution in [0.4, 0.5) is 5.69 Å². The summed E-state index contributed by atoms with van der Waals surface area (Å²) in [5.74, 6) is -1.58. The number of fused-ring (bicyclic) bond motifs is 3. The smallest absolute Gasteiger partial charge is 0.294 e. The third-order valence-electron chi connectivity index (χ3n) is 6.81. The lowest BCUT2D eigenvalue weighted by molar-refractivity contribution is -0.384. The van der Waals surface area contributed by atoms with E-state index in [2.05, 4.69) is 20.6 Å². The lowest BCUT2D eigenvalue weighted by atomic mass is 9.99. The summed E-state index contributed by atoms with van der Waals surface area (Å²) < 4.78 is 34.0. The van der Waals surface area contributed by atoms with Gasteiger partial charge in [-0.3, -0.25) is 10.1 Å². The molecule has 3 aliphatic heterocycles. The molecule has 0 N–H and O–H groups in total. The van der Waals surface area contributed by atoms with Gasteiger partial charge in [-0.2, -0.15) is 0 Å². The van der Waals surface area contributed by atoms with E-state index in [1.54, 1.807) is 35.3 Å². The first-order valence-electron chi connectivity index (χ1n) is 12.5. The molecule has 3 saturated heterocycles. The number of nitrogens with zero attached hydrogens (tertiary/aromatic N) is 7. The van der Waals surface area contributed by atoms with Crippen LogP contribution in [0.2, 0.25) is 0 Å². The number of aromatic nitrogens is 6. The van der Waals surface area contributed by atoms with Crippen molar-refractivity contribution in [3.8, 4) is 5.69 Å². The molecule has 0 radical (unpaired) electrons. The summed E-state index contributed by atoms with van der Waals surface area (Å²) >= 11 is 0. The zero-order chi connectivity index (χ0) is 26.7. The van der Waals surface area contributed by atoms with Gasteiger partial charge in [0.1, 0.15) is 30.1 Å². The summed E-state index contributed by atoms with van der Waals surface area (Å²) in [7, 11) is 0. The summed E-state index contributed by atoms with van der Waals surface area (Å²) in [5, 5.41) is 28.0. The number of aryl methyl sites for hydroxylation is 2. The second-order valence-electron chi connectivity index (χ2n) is 10.5. The Morgan fingerprint density at radius 1 is 0.974 bits per heavy atom. The Bertz CT molecular complexity index is 1340. The van der Waals surface area contributed by atoms with Crippen molar-refractivity contribution >= 4 is 5.69 Å². The number of nitro benzene ring substituents is 1. The van der Waals surface area contributed by atoms with Crippen molar-refractivity contribution in [3.05, 3.63) is 58.2 Å². The van der Waals surface area contributed by atoms with E-state index in [9.17, 15) is 10.1 Å². The molecule has 14 nitrogen and oxygen atoms in total. The number of nitro groups is 1. The van der Waals surface area contributed by atoms with Gasteiger partial charge in [-0.05, 0) is 46.6 Å². The van der Waals surface area contributed by atoms with E-state index < -0.39 is 35.0 Å². The number of hydrogen-bond donors (Lipinski definition) is 0. The van der Waals surface area contributed by atoms with Crippen LogP contribution in [0.15, 0.2) is 36.7 Å². The van der Waals surface area contributed by atoms with Crippen molar-refractivity contribution in [2.24, 2.45) is 0 Å². The van der Waals surface area contributed by atoms with Crippen molar-refractivity contribution in [1.29, 1.82) is 0 Å². The molecule has 2 aromatic heterocycles. The van der Waals surface area contributed by atoms with Gasteiger partial charge in [0.05, 0.1) is 35.2 Å². The van der Waals surface area contributed by atoms with Crippen LogP contribution in [0.5, 0.6) is 0 Å². The van der Waals surface area contributed by atoms with Gasteiger partial charge >= 0.3 is 0 Å². The predicted octanol–water partition coefficient (Wildman–Crippen LogP) is 1.95. The zero-order valence-electron chi connectivity index (χ0n) is 21.5. The van der Waals surface area contributed by atoms with Gasteiger partial charge in [0.2, 0.25) is 0 Å². The minimum Gasteiger partial charge on any atom is -0.342 e. The first-order chi connectivity index (χ1) is 18.1. The quantitative estimate of drug-likeness (QED) is 0.327. The Labute approximate surface area is 217 Å². The van der Waals surface area contributed by atoms with Crippen LogP contribution < -0.4 is 0 Å². The fraction of sp³-hybridized carbons (Fsp3) is 0.583. The maximum absolute atomic E-state index is 11.4. The monoisotopic (exact) mass is 527 g/mol. The van der Waals surface area contributed by atoms with Crippen LogP contribution in [0, 0.1) is 10.1 Å². The van der Waals surface area contributed by atoms with Crippen molar-refractivity contribution in [1.82, 2.24) is 30.0 Å². The van der Waals surface area contributed by atoms with E-state index in [1.165, 1.54) is 10.7 Å². The largest absolute Gasteiger partial charge is 0.342 e. The second-order valence-corrected chi connectivity index (χ2v) is 10.5. The van der Waals surface area contributed by atoms with E-state index in [4.69, 9.17) is 23.7 Å². The molecule has 0 saturated carbocycles. The lowest BCUT2D eigenvalue weighted by Crippen LogP contribution is -2.56. The van der Waals surface area contributed by atoms with E-state index >= 15 is 0 Å². The number of rotatable bonds is 7. The highest BCUT2D eigenvalue weighted by molar-refractivity contribution is 5.51. The Morgan fingerprint density at radius 2 is 1.71 bits per heavy atom. The molecule has 0 unspecified atom stereocenters. The van der Waals surface area contributed by atoms with E-state index in [0.29, 0.717) is 30.8 Å². The van der Waals surface area contributed by atoms with Crippen LogP contribution in [-0.2, 0) is 43.1 Å². The molecule has 202 valence electrons. The third-order valence-corrected chi connectivity index (χ3v) is 6.81. The summed E-state index contributed by atoms with van der Waals surface area (Å²) in [6.45, 7) is 7.82. The van der Waals surface area contributed by atoms with Crippen LogP contribution >= 0.6 is 0 Å². The third kappa shape index (κ3) is 4.69. The molecule has 5 heterocycles. The number of para-hydroxylation sites is 2. The van der Waals surface area contributed by atoms with E-state index in [-0.39, 0.29) is 17.9 Å². The maximum Gasteiger partial charge on any atom is 0.294 e. The summed E-state index contributed by atoms with van der Waals surface area (Å²) in [6, 6.07) is 6.40. The number of benzene rings is 1. The normalized spacial score (nSPS) is 29.2. The van der Waals surface area contributed by atoms with Crippen LogP contribution in [0.25, 0.3) is 5.69 Å². The van der Waals surface area contributed by atoms with Gasteiger partial charge in [-0.1, -0.05) is 22.6 Å². The average Bonchev–Trinajstić information content (AvgIpc) is 3.62. The minimum atomic E-state index is -0.791. The Balaban J connectivity index is 1.16. The molecule has 14 heteroatoms. The van der Waals surface area contributed by atoms with Gasteiger partial charge in [0.15, 0.2) is 17.9 Å². The highest BCUT2D eigenvalue weighted by atomic mass is 16.9. The minimum absolute atomic E-state index is 0.0411. The van der Waals surface area contributed by atoms with Gasteiger partial charge in [-0.15, -0.1) is 10.2 Å². The molecule has 6 rings (SSSR count). The van der Waals surface area contributed by atoms with Gasteiger partial charge in [-0.25, -0.2) is 9.36 Å². The summed E-state index contributed by atoms with van der Waals surface area (Å²) in [6.07, 6.45) is 2.39. The fourth-order valence-corrected chi connectivity index (χ4v) is 5.24. The first kappa shape index (κ1) is 25.0. The topological polar surface area (TPSA) is 151 Å². The molecule has 0 amide bonds. The van der Waals surface area contributed by atoms with E-state index in [1.807, 2.05) is 27.7 Å². The van der Waals surface area contributed by atoms with Crippen LogP contribution in [-0.4, -0.2) is 77.2 Å². The molecule has 0 bridgehead atoms. The SMILES string of the molecule is CC1(C)O[C@H]2[C@@H](O1)[C@@H](Cn1nncc1CCc1cn(-c3ccccc3[N+](=O)[O-])nn1)O[C@@H]1OC(C)(C)O[C@@H]12. The highest BCUT2D eigenvalue weighted by Gasteiger charge is 2.60. The Morgan fingerprint density at radius 3 is 2.53 bits per heavy atom. The predicted molar refractivity (Wildman–Crippen MR) is 128 cm³/mol. The van der Waals surface area contributed by atoms with E-state index in [0.717, 1.165) is 5.69 Å². The van der Waals surface area contributed by atoms with Gasteiger partial charge < -0.3 is 23.7 Å². The molecule has 3 aliphatic rings. The Hall–Kier alpha value is -3.30. The molecular weight excluding hydrogens is 498 g/mol. The van der Waals surface area contributed by atoms with Crippen molar-refractivity contribution in [2.45, 2.75) is 89.4 Å². The summed E-state index contributed by atoms with van der Waals surface area (Å²) in [4.78, 5) is 10.9. The molecule has 5 atom stereocenters. The molecule has 3 aromatic rings. The van der Waals surface area contributed by atoms with Gasteiger partial charge in [0, 0.05) is 6.07 Å². The molecule has 38 heavy (non-hydrogen) atoms. The average molecular weight is 528 g/mol. The fourth-order valence-electron chi connectivity index (χ4n) is 5.24. The van der Waals surface area contributed by atoms with Crippen LogP contribution in [0.3, 0.4) is 0 Å². The maximum atomic E-state index is 11.4. The molecule has 0 spiro atoms. The molecule has 1 aromatic carbocycles. The Kier molecular flexibility index (Phi) is 6.03. The zero-order valence-corrected chi connectivity index (χ0v) is 21.5. The second kappa shape index (κ2) is 9.17. The number of hydrogen-bond acceptors (Lipinski definition) is 11. The van der Waals surface area contributed by atoms with Crippen molar-refractivity contribution in [3.63, 3.8) is 0 Å². The van der Waals surface area contributed by atoms with Crippen molar-refractivity contribution in [2.75, 3.05) is 0 Å². The standard InChI is InChI=1S/C24H29N7O7/c1-23(2)35-19-18(34-22-21(20(19)36-23)37-24(3,4)38-22)13-29-15(11-25-27-29)10-9-14-12-30(28-26-14)16-7-5-6-8-17(16)31(32)33/h5-8,11-12,18-22H,9-10,13H2,1-4H3/t18-,19+,20+,21-,22-/m1/s1. The van der Waals surface area contributed by atoms with Crippen molar-refractivity contribution < 1.29 is 28.6 Å².